The van der Waals surface area contributed by atoms with Crippen LogP contribution < -0.4 is 4.80 Å². The Morgan fingerprint density at radius 3 is 2.43 bits per heavy atom. The van der Waals surface area contributed by atoms with Gasteiger partial charge in [0.15, 0.2) is 4.90 Å². The summed E-state index contributed by atoms with van der Waals surface area (Å²) in [7, 11) is 1.81. The Kier molecular flexibility index (Phi) is 5.22. The van der Waals surface area contributed by atoms with E-state index in [0.717, 1.165) is 11.4 Å². The van der Waals surface area contributed by atoms with Crippen LogP contribution in [0, 0.1) is 20.8 Å². The van der Waals surface area contributed by atoms with Gasteiger partial charge in [0.1, 0.15) is 5.82 Å². The summed E-state index contributed by atoms with van der Waals surface area (Å²) in [6, 6.07) is 3.18. The molecule has 0 saturated heterocycles. The van der Waals surface area contributed by atoms with Crippen molar-refractivity contribution in [1.29, 1.82) is 0 Å². The number of alkyl halides is 3. The highest BCUT2D eigenvalue weighted by molar-refractivity contribution is 7.91. The topological polar surface area (TPSA) is 53.2 Å². The summed E-state index contributed by atoms with van der Waals surface area (Å²) in [5.41, 5.74) is 1.87. The van der Waals surface area contributed by atoms with Crippen molar-refractivity contribution in [3.8, 4) is 0 Å². The summed E-state index contributed by atoms with van der Waals surface area (Å²) in [6.07, 6.45) is -4.47. The van der Waals surface area contributed by atoms with Crippen LogP contribution in [0.15, 0.2) is 22.0 Å². The van der Waals surface area contributed by atoms with Crippen LogP contribution in [0.3, 0.4) is 0 Å². The molecular formula is C14H16F3N3OS2. The molecule has 0 amide bonds. The van der Waals surface area contributed by atoms with E-state index in [0.29, 0.717) is 16.1 Å². The zero-order chi connectivity index (χ0) is 17.4. The summed E-state index contributed by atoms with van der Waals surface area (Å²) in [5, 5.41) is 0. The van der Waals surface area contributed by atoms with E-state index in [4.69, 9.17) is 0 Å². The van der Waals surface area contributed by atoms with Crippen LogP contribution in [0.4, 0.5) is 18.9 Å². The van der Waals surface area contributed by atoms with Gasteiger partial charge in [-0.05, 0) is 43.6 Å². The molecule has 1 heterocycles. The third-order valence-corrected chi connectivity index (χ3v) is 5.69. The van der Waals surface area contributed by atoms with E-state index in [2.05, 4.69) is 9.37 Å². The molecule has 9 heteroatoms. The minimum Gasteiger partial charge on any atom is -0.611 e. The van der Waals surface area contributed by atoms with Gasteiger partial charge in [0.05, 0.1) is 5.69 Å². The third kappa shape index (κ3) is 4.36. The van der Waals surface area contributed by atoms with Crippen molar-refractivity contribution < 1.29 is 17.7 Å². The highest BCUT2D eigenvalue weighted by atomic mass is 32.2. The molecule has 0 fully saturated rings. The second kappa shape index (κ2) is 6.66. The van der Waals surface area contributed by atoms with Crippen molar-refractivity contribution in [3.05, 3.63) is 33.9 Å². The maximum atomic E-state index is 12.5. The second-order valence-electron chi connectivity index (χ2n) is 5.19. The Balaban J connectivity index is 2.49. The molecule has 2 rings (SSSR count). The fraction of sp³-hybridized carbons (Fsp3) is 0.429. The van der Waals surface area contributed by atoms with Gasteiger partial charge >= 0.3 is 6.18 Å². The summed E-state index contributed by atoms with van der Waals surface area (Å²) in [5.74, 6) is -0.566. The number of aryl methyl sites for hydroxylation is 3. The molecule has 23 heavy (non-hydrogen) atoms. The lowest BCUT2D eigenvalue weighted by atomic mass is 10.1. The van der Waals surface area contributed by atoms with E-state index < -0.39 is 23.1 Å². The van der Waals surface area contributed by atoms with Crippen LogP contribution >= 0.6 is 11.5 Å². The molecule has 0 spiro atoms. The zero-order valence-electron chi connectivity index (χ0n) is 13.1. The number of nitrogens with zero attached hydrogens (tertiary/aromatic N) is 3. The monoisotopic (exact) mass is 363 g/mol. The van der Waals surface area contributed by atoms with Gasteiger partial charge in [-0.1, -0.05) is 0 Å². The molecule has 0 radical (unpaired) electrons. The largest absolute Gasteiger partial charge is 0.611 e. The minimum absolute atomic E-state index is 0.163. The molecular weight excluding hydrogens is 347 g/mol. The number of aromatic nitrogens is 2. The van der Waals surface area contributed by atoms with E-state index >= 15 is 0 Å². The van der Waals surface area contributed by atoms with Gasteiger partial charge in [0.25, 0.3) is 0 Å². The first-order valence-corrected chi connectivity index (χ1v) is 8.78. The number of benzene rings is 1. The van der Waals surface area contributed by atoms with Crippen LogP contribution in [-0.4, -0.2) is 25.4 Å². The number of hydrogen-bond donors (Lipinski definition) is 0. The first kappa shape index (κ1) is 18.0. The molecule has 0 N–H and O–H groups in total. The number of halogens is 3. The summed E-state index contributed by atoms with van der Waals surface area (Å²) < 4.78 is 55.4. The van der Waals surface area contributed by atoms with Crippen molar-refractivity contribution >= 4 is 28.4 Å². The lowest BCUT2D eigenvalue weighted by Crippen LogP contribution is -2.23. The average Bonchev–Trinajstić information content (AvgIpc) is 2.71. The average molecular weight is 363 g/mol. The maximum absolute atomic E-state index is 12.5. The van der Waals surface area contributed by atoms with Gasteiger partial charge in [-0.2, -0.15) is 17.5 Å². The zero-order valence-corrected chi connectivity index (χ0v) is 14.7. The summed E-state index contributed by atoms with van der Waals surface area (Å²) in [6.45, 7) is 5.30. The first-order valence-electron chi connectivity index (χ1n) is 6.69. The third-order valence-electron chi connectivity index (χ3n) is 3.28. The summed E-state index contributed by atoms with van der Waals surface area (Å²) in [4.78, 5) is 5.23. The van der Waals surface area contributed by atoms with Crippen LogP contribution in [0.25, 0.3) is 0 Å². The van der Waals surface area contributed by atoms with Crippen molar-refractivity contribution in [2.75, 3.05) is 5.75 Å². The van der Waals surface area contributed by atoms with Crippen LogP contribution in [0.1, 0.15) is 17.0 Å². The van der Waals surface area contributed by atoms with Gasteiger partial charge in [-0.3, -0.25) is 0 Å². The lowest BCUT2D eigenvalue weighted by molar-refractivity contribution is -0.106. The number of rotatable bonds is 3. The van der Waals surface area contributed by atoms with Crippen LogP contribution in [-0.2, 0) is 18.2 Å². The Labute approximate surface area is 139 Å². The molecule has 0 aliphatic carbocycles. The van der Waals surface area contributed by atoms with Gasteiger partial charge in [0, 0.05) is 30.2 Å². The standard InChI is InChI=1S/C14H16F3N3OS2/c1-8-5-9(2)12(23(21)7-14(15,16)17)6-11(8)18-13-20(4)10(3)19-22-13/h5-6H,7H2,1-4H3/b18-13+. The highest BCUT2D eigenvalue weighted by Gasteiger charge is 2.36. The van der Waals surface area contributed by atoms with Gasteiger partial charge in [0.2, 0.25) is 10.6 Å². The molecule has 1 unspecified atom stereocenters. The highest BCUT2D eigenvalue weighted by Crippen LogP contribution is 2.29. The van der Waals surface area contributed by atoms with Gasteiger partial charge in [-0.15, -0.1) is 0 Å². The minimum atomic E-state index is -4.47. The van der Waals surface area contributed by atoms with Crippen molar-refractivity contribution in [2.45, 2.75) is 31.8 Å². The lowest BCUT2D eigenvalue weighted by Gasteiger charge is -2.15. The maximum Gasteiger partial charge on any atom is 0.433 e. The van der Waals surface area contributed by atoms with Crippen molar-refractivity contribution in [3.63, 3.8) is 0 Å². The molecule has 0 aliphatic heterocycles. The first-order chi connectivity index (χ1) is 10.6. The smallest absolute Gasteiger partial charge is 0.433 e. The molecule has 0 bridgehead atoms. The Bertz CT molecular complexity index is 781. The van der Waals surface area contributed by atoms with E-state index in [1.54, 1.807) is 17.6 Å². The Hall–Kier alpha value is -1.32. The number of hydrogen-bond acceptors (Lipinski definition) is 4. The Morgan fingerprint density at radius 2 is 1.91 bits per heavy atom. The molecule has 1 atom stereocenters. The fourth-order valence-electron chi connectivity index (χ4n) is 1.98. The van der Waals surface area contributed by atoms with E-state index in [1.165, 1.54) is 17.6 Å². The SMILES string of the molecule is Cc1cc(C)c([S+]([O-])CC(F)(F)F)cc1/N=c1/snc(C)n1C. The molecule has 2 aromatic rings. The summed E-state index contributed by atoms with van der Waals surface area (Å²) >= 11 is -0.947. The van der Waals surface area contributed by atoms with E-state index in [9.17, 15) is 17.7 Å². The molecule has 0 saturated carbocycles. The molecule has 1 aromatic heterocycles. The molecule has 1 aromatic carbocycles. The van der Waals surface area contributed by atoms with E-state index in [1.807, 2.05) is 20.9 Å². The second-order valence-corrected chi connectivity index (χ2v) is 7.34. The quantitative estimate of drug-likeness (QED) is 0.786. The molecule has 0 aliphatic rings. The van der Waals surface area contributed by atoms with Crippen LogP contribution in [0.5, 0.6) is 0 Å². The van der Waals surface area contributed by atoms with Crippen molar-refractivity contribution in [1.82, 2.24) is 8.94 Å². The van der Waals surface area contributed by atoms with E-state index in [-0.39, 0.29) is 4.90 Å². The predicted molar refractivity (Wildman–Crippen MR) is 84.3 cm³/mol. The predicted octanol–water partition coefficient (Wildman–Crippen LogP) is 3.31. The van der Waals surface area contributed by atoms with Crippen LogP contribution in [0.2, 0.25) is 0 Å². The molecule has 4 nitrogen and oxygen atoms in total. The Morgan fingerprint density at radius 1 is 1.26 bits per heavy atom. The normalized spacial score (nSPS) is 14.3. The molecule has 126 valence electrons. The van der Waals surface area contributed by atoms with Gasteiger partial charge < -0.3 is 9.12 Å². The fourth-order valence-corrected chi connectivity index (χ4v) is 3.82. The van der Waals surface area contributed by atoms with Crippen molar-refractivity contribution in [2.24, 2.45) is 12.0 Å². The van der Waals surface area contributed by atoms with Gasteiger partial charge in [-0.25, -0.2) is 4.99 Å².